The van der Waals surface area contributed by atoms with Crippen LogP contribution in [0.4, 0.5) is 0 Å². The second-order valence-electron chi connectivity index (χ2n) is 4.66. The van der Waals surface area contributed by atoms with Crippen molar-refractivity contribution in [2.24, 2.45) is 0 Å². The molecule has 0 bridgehead atoms. The lowest BCUT2D eigenvalue weighted by Gasteiger charge is -2.27. The van der Waals surface area contributed by atoms with Crippen LogP contribution in [0.5, 0.6) is 0 Å². The first-order valence-corrected chi connectivity index (χ1v) is 7.10. The van der Waals surface area contributed by atoms with Crippen molar-refractivity contribution in [3.63, 3.8) is 0 Å². The number of hydrogen-bond acceptors (Lipinski definition) is 3. The first kappa shape index (κ1) is 12.6. The summed E-state index contributed by atoms with van der Waals surface area (Å²) in [6, 6.07) is 3.84. The maximum Gasteiger partial charge on any atom is 0.272 e. The molecule has 1 aliphatic rings. The van der Waals surface area contributed by atoms with E-state index in [0.29, 0.717) is 5.69 Å². The van der Waals surface area contributed by atoms with E-state index >= 15 is 0 Å². The second-order valence-corrected chi connectivity index (χ2v) is 5.58. The summed E-state index contributed by atoms with van der Waals surface area (Å²) in [5.74, 6) is 0.0598. The van der Waals surface area contributed by atoms with Gasteiger partial charge in [0.25, 0.3) is 5.91 Å². The summed E-state index contributed by atoms with van der Waals surface area (Å²) in [6.45, 7) is 5.09. The van der Waals surface area contributed by atoms with Gasteiger partial charge < -0.3 is 10.2 Å². The van der Waals surface area contributed by atoms with E-state index in [0.717, 1.165) is 42.0 Å². The molecule has 0 atom stereocenters. The number of nitrogens with one attached hydrogen (secondary N) is 1. The molecular weight excluding hydrogens is 308 g/mol. The van der Waals surface area contributed by atoms with Gasteiger partial charge in [-0.3, -0.25) is 9.20 Å². The second kappa shape index (κ2) is 4.94. The van der Waals surface area contributed by atoms with Crippen molar-refractivity contribution in [1.29, 1.82) is 0 Å². The highest BCUT2D eigenvalue weighted by Gasteiger charge is 2.23. The molecule has 1 amide bonds. The number of hydrogen-bond donors (Lipinski definition) is 1. The molecule has 100 valence electrons. The molecule has 1 aliphatic heterocycles. The Morgan fingerprint density at radius 1 is 1.37 bits per heavy atom. The molecule has 0 radical (unpaired) electrons. The average molecular weight is 323 g/mol. The number of carbonyl (C=O) groups is 1. The Balaban J connectivity index is 2.05. The number of imidazole rings is 1. The van der Waals surface area contributed by atoms with Crippen LogP contribution in [0.15, 0.2) is 22.8 Å². The highest BCUT2D eigenvalue weighted by molar-refractivity contribution is 9.10. The fourth-order valence-electron chi connectivity index (χ4n) is 2.41. The Hall–Kier alpha value is -1.40. The number of halogens is 1. The van der Waals surface area contributed by atoms with E-state index < -0.39 is 0 Å². The maximum absolute atomic E-state index is 12.6. The maximum atomic E-state index is 12.6. The van der Waals surface area contributed by atoms with Crippen molar-refractivity contribution >= 4 is 27.5 Å². The Bertz CT molecular complexity index is 631. The predicted octanol–water partition coefficient (Wildman–Crippen LogP) is 1.45. The van der Waals surface area contributed by atoms with Gasteiger partial charge in [0.1, 0.15) is 11.3 Å². The van der Waals surface area contributed by atoms with Crippen LogP contribution >= 0.6 is 15.9 Å². The van der Waals surface area contributed by atoms with Crippen molar-refractivity contribution < 1.29 is 4.79 Å². The van der Waals surface area contributed by atoms with Crippen LogP contribution < -0.4 is 5.32 Å². The van der Waals surface area contributed by atoms with Crippen molar-refractivity contribution in [2.45, 2.75) is 6.92 Å². The highest BCUT2D eigenvalue weighted by Crippen LogP contribution is 2.18. The topological polar surface area (TPSA) is 49.6 Å². The fraction of sp³-hybridized carbons (Fsp3) is 0.385. The highest BCUT2D eigenvalue weighted by atomic mass is 79.9. The molecule has 1 saturated heterocycles. The number of pyridine rings is 1. The first-order valence-electron chi connectivity index (χ1n) is 6.31. The van der Waals surface area contributed by atoms with E-state index in [1.54, 1.807) is 0 Å². The van der Waals surface area contributed by atoms with Gasteiger partial charge in [0.2, 0.25) is 0 Å². The largest absolute Gasteiger partial charge is 0.335 e. The van der Waals surface area contributed by atoms with Crippen LogP contribution in [0.1, 0.15) is 16.2 Å². The minimum Gasteiger partial charge on any atom is -0.335 e. The quantitative estimate of drug-likeness (QED) is 0.864. The van der Waals surface area contributed by atoms with E-state index in [9.17, 15) is 4.79 Å². The minimum atomic E-state index is 0.0598. The molecule has 2 aromatic rings. The molecule has 5 nitrogen and oxygen atoms in total. The predicted molar refractivity (Wildman–Crippen MR) is 76.4 cm³/mol. The molecule has 0 unspecified atom stereocenters. The molecule has 0 aromatic carbocycles. The van der Waals surface area contributed by atoms with E-state index in [1.807, 2.05) is 34.6 Å². The van der Waals surface area contributed by atoms with Crippen molar-refractivity contribution in [3.05, 3.63) is 34.2 Å². The number of piperazine rings is 1. The number of carbonyl (C=O) groups excluding carboxylic acids is 1. The van der Waals surface area contributed by atoms with Gasteiger partial charge in [0, 0.05) is 36.8 Å². The standard InChI is InChI=1S/C13H15BrN4O/c1-9-12(13(19)17-6-4-15-5-7-17)18-8-10(14)2-3-11(18)16-9/h2-3,8,15H,4-7H2,1H3. The van der Waals surface area contributed by atoms with Gasteiger partial charge in [-0.05, 0) is 35.0 Å². The molecule has 3 heterocycles. The number of nitrogens with zero attached hydrogens (tertiary/aromatic N) is 3. The monoisotopic (exact) mass is 322 g/mol. The third kappa shape index (κ3) is 2.26. The number of amides is 1. The van der Waals surface area contributed by atoms with Crippen LogP contribution in [0.25, 0.3) is 5.65 Å². The van der Waals surface area contributed by atoms with E-state index in [2.05, 4.69) is 26.2 Å². The Morgan fingerprint density at radius 2 is 2.11 bits per heavy atom. The smallest absolute Gasteiger partial charge is 0.272 e. The van der Waals surface area contributed by atoms with Gasteiger partial charge in [0.05, 0.1) is 5.69 Å². The Kier molecular flexibility index (Phi) is 3.28. The summed E-state index contributed by atoms with van der Waals surface area (Å²) in [5.41, 5.74) is 2.25. The van der Waals surface area contributed by atoms with E-state index in [1.165, 1.54) is 0 Å². The summed E-state index contributed by atoms with van der Waals surface area (Å²) >= 11 is 3.44. The van der Waals surface area contributed by atoms with Crippen LogP contribution in [0, 0.1) is 6.92 Å². The van der Waals surface area contributed by atoms with Gasteiger partial charge in [-0.1, -0.05) is 0 Å². The lowest BCUT2D eigenvalue weighted by molar-refractivity contribution is 0.0728. The summed E-state index contributed by atoms with van der Waals surface area (Å²) in [4.78, 5) is 19.0. The Morgan fingerprint density at radius 3 is 2.84 bits per heavy atom. The number of fused-ring (bicyclic) bond motifs is 1. The minimum absolute atomic E-state index is 0.0598. The third-order valence-corrected chi connectivity index (χ3v) is 3.83. The molecule has 0 spiro atoms. The summed E-state index contributed by atoms with van der Waals surface area (Å²) in [7, 11) is 0. The molecule has 19 heavy (non-hydrogen) atoms. The van der Waals surface area contributed by atoms with Gasteiger partial charge in [0.15, 0.2) is 0 Å². The number of aryl methyl sites for hydroxylation is 1. The summed E-state index contributed by atoms with van der Waals surface area (Å²) in [6.07, 6.45) is 1.89. The van der Waals surface area contributed by atoms with Gasteiger partial charge in [-0.2, -0.15) is 0 Å². The van der Waals surface area contributed by atoms with Crippen LogP contribution in [0.2, 0.25) is 0 Å². The summed E-state index contributed by atoms with van der Waals surface area (Å²) < 4.78 is 2.80. The zero-order valence-corrected chi connectivity index (χ0v) is 12.3. The zero-order chi connectivity index (χ0) is 13.4. The van der Waals surface area contributed by atoms with Gasteiger partial charge in [-0.15, -0.1) is 0 Å². The van der Waals surface area contributed by atoms with Crippen molar-refractivity contribution in [3.8, 4) is 0 Å². The summed E-state index contributed by atoms with van der Waals surface area (Å²) in [5, 5.41) is 3.25. The third-order valence-electron chi connectivity index (χ3n) is 3.36. The molecule has 1 N–H and O–H groups in total. The number of rotatable bonds is 1. The average Bonchev–Trinajstić information content (AvgIpc) is 2.74. The van der Waals surface area contributed by atoms with Crippen LogP contribution in [0.3, 0.4) is 0 Å². The normalized spacial score (nSPS) is 16.0. The Labute approximate surface area is 119 Å². The van der Waals surface area contributed by atoms with E-state index in [4.69, 9.17) is 0 Å². The lowest BCUT2D eigenvalue weighted by Crippen LogP contribution is -2.46. The molecule has 6 heteroatoms. The number of aromatic nitrogens is 2. The van der Waals surface area contributed by atoms with Crippen molar-refractivity contribution in [1.82, 2.24) is 19.6 Å². The molecule has 0 aliphatic carbocycles. The first-order chi connectivity index (χ1) is 9.16. The van der Waals surface area contributed by atoms with Gasteiger partial charge in [-0.25, -0.2) is 4.98 Å². The molecule has 2 aromatic heterocycles. The molecular formula is C13H15BrN4O. The zero-order valence-electron chi connectivity index (χ0n) is 10.7. The molecule has 3 rings (SSSR count). The lowest BCUT2D eigenvalue weighted by atomic mass is 10.2. The van der Waals surface area contributed by atoms with Crippen molar-refractivity contribution in [2.75, 3.05) is 26.2 Å². The fourth-order valence-corrected chi connectivity index (χ4v) is 2.75. The molecule has 0 saturated carbocycles. The molecule has 1 fully saturated rings. The SMILES string of the molecule is Cc1nc2ccc(Br)cn2c1C(=O)N1CCNCC1. The van der Waals surface area contributed by atoms with E-state index in [-0.39, 0.29) is 5.91 Å². The van der Waals surface area contributed by atoms with Gasteiger partial charge >= 0.3 is 0 Å². The van der Waals surface area contributed by atoms with Crippen LogP contribution in [-0.2, 0) is 0 Å². The van der Waals surface area contributed by atoms with Crippen LogP contribution in [-0.4, -0.2) is 46.4 Å².